The lowest BCUT2D eigenvalue weighted by Gasteiger charge is -2.44. The number of hydrogen-bond donors (Lipinski definition) is 1. The number of esters is 1. The second-order valence-corrected chi connectivity index (χ2v) is 7.36. The molecule has 0 radical (unpaired) electrons. The van der Waals surface area contributed by atoms with Crippen molar-refractivity contribution in [2.24, 2.45) is 10.9 Å². The summed E-state index contributed by atoms with van der Waals surface area (Å²) in [5, 5.41) is 3.61. The quantitative estimate of drug-likeness (QED) is 0.298. The third kappa shape index (κ3) is 5.70. The maximum Gasteiger partial charge on any atom is 0.308 e. The molecular weight excluding hydrogens is 431 g/mol. The van der Waals surface area contributed by atoms with Gasteiger partial charge in [-0.1, -0.05) is 19.3 Å². The van der Waals surface area contributed by atoms with Crippen LogP contribution in [0.2, 0.25) is 0 Å². The highest BCUT2D eigenvalue weighted by Gasteiger charge is 2.35. The van der Waals surface area contributed by atoms with Gasteiger partial charge in [0.1, 0.15) is 0 Å². The van der Waals surface area contributed by atoms with Crippen molar-refractivity contribution in [3.8, 4) is 0 Å². The number of halogens is 1. The SMILES string of the molecule is CN=C(NCC1(N(C)C)CCCCC1)N1CCC(C(=O)OC)CC1.I. The van der Waals surface area contributed by atoms with Crippen molar-refractivity contribution in [1.82, 2.24) is 15.1 Å². The van der Waals surface area contributed by atoms with Crippen LogP contribution in [0.15, 0.2) is 4.99 Å². The van der Waals surface area contributed by atoms with Gasteiger partial charge < -0.3 is 19.9 Å². The predicted octanol–water partition coefficient (Wildman–Crippen LogP) is 2.33. The summed E-state index contributed by atoms with van der Waals surface area (Å²) in [6.07, 6.45) is 8.14. The standard InChI is InChI=1S/C18H34N4O2.HI/c1-19-17(22-12-8-15(9-13-22)16(23)24-4)20-14-18(21(2)3)10-6-5-7-11-18;/h15H,5-14H2,1-4H3,(H,19,20);1H. The lowest BCUT2D eigenvalue weighted by molar-refractivity contribution is -0.146. The predicted molar refractivity (Wildman–Crippen MR) is 113 cm³/mol. The van der Waals surface area contributed by atoms with E-state index in [2.05, 4.69) is 34.2 Å². The van der Waals surface area contributed by atoms with Crippen LogP contribution in [0.5, 0.6) is 0 Å². The van der Waals surface area contributed by atoms with Crippen LogP contribution in [0.3, 0.4) is 0 Å². The van der Waals surface area contributed by atoms with E-state index in [9.17, 15) is 4.79 Å². The van der Waals surface area contributed by atoms with E-state index in [1.54, 1.807) is 0 Å². The molecule has 1 aliphatic heterocycles. The summed E-state index contributed by atoms with van der Waals surface area (Å²) < 4.78 is 4.87. The molecule has 2 rings (SSSR count). The minimum absolute atomic E-state index is 0. The number of aliphatic imine (C=N–C) groups is 1. The van der Waals surface area contributed by atoms with Crippen molar-refractivity contribution >= 4 is 35.9 Å². The molecule has 0 aromatic rings. The zero-order valence-corrected chi connectivity index (χ0v) is 18.5. The number of methoxy groups -OCH3 is 1. The van der Waals surface area contributed by atoms with Gasteiger partial charge in [0.25, 0.3) is 0 Å². The van der Waals surface area contributed by atoms with E-state index in [1.807, 2.05) is 7.05 Å². The van der Waals surface area contributed by atoms with E-state index in [0.29, 0.717) is 0 Å². The van der Waals surface area contributed by atoms with Gasteiger partial charge >= 0.3 is 5.97 Å². The van der Waals surface area contributed by atoms with Crippen molar-refractivity contribution in [2.45, 2.75) is 50.5 Å². The molecule has 7 heteroatoms. The summed E-state index contributed by atoms with van der Waals surface area (Å²) in [5.74, 6) is 0.923. The number of guanidine groups is 1. The number of ether oxygens (including phenoxy) is 1. The second kappa shape index (κ2) is 10.5. The van der Waals surface area contributed by atoms with Crippen LogP contribution in [0.4, 0.5) is 0 Å². The smallest absolute Gasteiger partial charge is 0.308 e. The molecular formula is C18H35IN4O2. The zero-order valence-electron chi connectivity index (χ0n) is 16.2. The molecule has 0 aromatic carbocycles. The molecule has 0 aromatic heterocycles. The van der Waals surface area contributed by atoms with Crippen LogP contribution in [-0.2, 0) is 9.53 Å². The Labute approximate surface area is 169 Å². The van der Waals surface area contributed by atoms with Crippen molar-refractivity contribution in [1.29, 1.82) is 0 Å². The van der Waals surface area contributed by atoms with Gasteiger partial charge in [0, 0.05) is 32.2 Å². The molecule has 146 valence electrons. The van der Waals surface area contributed by atoms with Crippen LogP contribution >= 0.6 is 24.0 Å². The van der Waals surface area contributed by atoms with Crippen molar-refractivity contribution in [2.75, 3.05) is 47.9 Å². The molecule has 6 nitrogen and oxygen atoms in total. The largest absolute Gasteiger partial charge is 0.469 e. The fraction of sp³-hybridized carbons (Fsp3) is 0.889. The molecule has 1 saturated carbocycles. The summed E-state index contributed by atoms with van der Waals surface area (Å²) in [6, 6.07) is 0. The van der Waals surface area contributed by atoms with E-state index in [0.717, 1.165) is 38.4 Å². The van der Waals surface area contributed by atoms with E-state index in [1.165, 1.54) is 39.2 Å². The average molecular weight is 466 g/mol. The molecule has 0 atom stereocenters. The highest BCUT2D eigenvalue weighted by molar-refractivity contribution is 14.0. The molecule has 2 fully saturated rings. The third-order valence-electron chi connectivity index (χ3n) is 5.85. The Balaban J connectivity index is 0.00000312. The number of likely N-dealkylation sites (tertiary alicyclic amines) is 1. The summed E-state index contributed by atoms with van der Waals surface area (Å²) in [7, 11) is 7.70. The summed E-state index contributed by atoms with van der Waals surface area (Å²) in [5.41, 5.74) is 0.235. The number of piperidine rings is 1. The van der Waals surface area contributed by atoms with Crippen LogP contribution in [0.1, 0.15) is 44.9 Å². The average Bonchev–Trinajstić information content (AvgIpc) is 2.62. The van der Waals surface area contributed by atoms with Crippen LogP contribution < -0.4 is 5.32 Å². The molecule has 1 N–H and O–H groups in total. The zero-order chi connectivity index (χ0) is 17.6. The molecule has 25 heavy (non-hydrogen) atoms. The van der Waals surface area contributed by atoms with Crippen molar-refractivity contribution < 1.29 is 9.53 Å². The first kappa shape index (κ1) is 22.5. The van der Waals surface area contributed by atoms with Gasteiger partial charge in [-0.2, -0.15) is 0 Å². The first-order valence-electron chi connectivity index (χ1n) is 9.23. The van der Waals surface area contributed by atoms with E-state index in [-0.39, 0.29) is 41.4 Å². The molecule has 0 spiro atoms. The molecule has 2 aliphatic rings. The van der Waals surface area contributed by atoms with Crippen LogP contribution in [-0.4, -0.2) is 75.2 Å². The first-order valence-corrected chi connectivity index (χ1v) is 9.23. The monoisotopic (exact) mass is 466 g/mol. The molecule has 1 aliphatic carbocycles. The Kier molecular flexibility index (Phi) is 9.48. The molecule has 0 bridgehead atoms. The Bertz CT molecular complexity index is 442. The van der Waals surface area contributed by atoms with Gasteiger partial charge in [-0.15, -0.1) is 24.0 Å². The molecule has 0 unspecified atom stereocenters. The Hall–Kier alpha value is -0.570. The molecule has 0 amide bonds. The van der Waals surface area contributed by atoms with Crippen molar-refractivity contribution in [3.05, 3.63) is 0 Å². The fourth-order valence-electron chi connectivity index (χ4n) is 4.06. The van der Waals surface area contributed by atoms with Crippen LogP contribution in [0.25, 0.3) is 0 Å². The summed E-state index contributed by atoms with van der Waals surface area (Å²) >= 11 is 0. The normalized spacial score (nSPS) is 21.6. The third-order valence-corrected chi connectivity index (χ3v) is 5.85. The van der Waals surface area contributed by atoms with Gasteiger partial charge in [-0.25, -0.2) is 0 Å². The minimum Gasteiger partial charge on any atom is -0.469 e. The Morgan fingerprint density at radius 1 is 1.24 bits per heavy atom. The topological polar surface area (TPSA) is 57.2 Å². The second-order valence-electron chi connectivity index (χ2n) is 7.36. The lowest BCUT2D eigenvalue weighted by atomic mass is 9.80. The van der Waals surface area contributed by atoms with E-state index < -0.39 is 0 Å². The number of carbonyl (C=O) groups excluding carboxylic acids is 1. The van der Waals surface area contributed by atoms with Gasteiger partial charge in [-0.05, 0) is 39.8 Å². The van der Waals surface area contributed by atoms with E-state index in [4.69, 9.17) is 4.74 Å². The number of likely N-dealkylation sites (N-methyl/N-ethyl adjacent to an activating group) is 1. The maximum atomic E-state index is 11.7. The molecule has 1 heterocycles. The van der Waals surface area contributed by atoms with Gasteiger partial charge in [0.2, 0.25) is 0 Å². The number of nitrogens with zero attached hydrogens (tertiary/aromatic N) is 3. The minimum atomic E-state index is -0.0774. The highest BCUT2D eigenvalue weighted by atomic mass is 127. The number of rotatable bonds is 4. The Morgan fingerprint density at radius 3 is 2.32 bits per heavy atom. The highest BCUT2D eigenvalue weighted by Crippen LogP contribution is 2.31. The summed E-state index contributed by atoms with van der Waals surface area (Å²) in [4.78, 5) is 20.8. The lowest BCUT2D eigenvalue weighted by Crippen LogP contribution is -2.56. The fourth-order valence-corrected chi connectivity index (χ4v) is 4.06. The number of carbonyl (C=O) groups is 1. The summed E-state index contributed by atoms with van der Waals surface area (Å²) in [6.45, 7) is 2.65. The van der Waals surface area contributed by atoms with Gasteiger partial charge in [0.15, 0.2) is 5.96 Å². The number of nitrogens with one attached hydrogen (secondary N) is 1. The van der Waals surface area contributed by atoms with E-state index >= 15 is 0 Å². The maximum absolute atomic E-state index is 11.7. The number of hydrogen-bond acceptors (Lipinski definition) is 4. The van der Waals surface area contributed by atoms with Crippen molar-refractivity contribution in [3.63, 3.8) is 0 Å². The van der Waals surface area contributed by atoms with Gasteiger partial charge in [-0.3, -0.25) is 9.79 Å². The van der Waals surface area contributed by atoms with Crippen LogP contribution in [0, 0.1) is 5.92 Å². The Morgan fingerprint density at radius 2 is 1.84 bits per heavy atom. The first-order chi connectivity index (χ1) is 11.5. The molecule has 1 saturated heterocycles. The van der Waals surface area contributed by atoms with Gasteiger partial charge in [0.05, 0.1) is 13.0 Å².